The molecular formula is C15H15BrCl2N3O+. The number of hydrogen-bond donors (Lipinski definition) is 2. The van der Waals surface area contributed by atoms with E-state index >= 15 is 0 Å². The lowest BCUT2D eigenvalue weighted by molar-refractivity contribution is -0.885. The van der Waals surface area contributed by atoms with Gasteiger partial charge in [-0.2, -0.15) is 0 Å². The third-order valence-electron chi connectivity index (χ3n) is 2.95. The van der Waals surface area contributed by atoms with Gasteiger partial charge in [0.15, 0.2) is 12.4 Å². The van der Waals surface area contributed by atoms with E-state index in [1.54, 1.807) is 6.07 Å². The third kappa shape index (κ3) is 5.25. The molecule has 2 aromatic rings. The van der Waals surface area contributed by atoms with Crippen molar-refractivity contribution >= 4 is 50.9 Å². The molecule has 22 heavy (non-hydrogen) atoms. The number of quaternary nitrogens is 1. The predicted octanol–water partition coefficient (Wildman–Crippen LogP) is 2.80. The molecular weight excluding hydrogens is 389 g/mol. The smallest absolute Gasteiger partial charge is 0.280 e. The maximum atomic E-state index is 12.0. The summed E-state index contributed by atoms with van der Waals surface area (Å²) in [5, 5.41) is 3.45. The number of halogens is 3. The van der Waals surface area contributed by atoms with Crippen molar-refractivity contribution in [3.8, 4) is 0 Å². The van der Waals surface area contributed by atoms with Gasteiger partial charge in [0, 0.05) is 16.2 Å². The van der Waals surface area contributed by atoms with Gasteiger partial charge in [-0.1, -0.05) is 51.3 Å². The number of hydrogen-bond acceptors (Lipinski definition) is 2. The van der Waals surface area contributed by atoms with E-state index in [2.05, 4.69) is 26.2 Å². The molecule has 0 bridgehead atoms. The van der Waals surface area contributed by atoms with Crippen LogP contribution in [0.15, 0.2) is 41.0 Å². The summed E-state index contributed by atoms with van der Waals surface area (Å²) in [6, 6.07) is 9.58. The summed E-state index contributed by atoms with van der Waals surface area (Å²) in [7, 11) is 1.96. The lowest BCUT2D eigenvalue weighted by Crippen LogP contribution is -3.08. The Hall–Kier alpha value is -1.14. The summed E-state index contributed by atoms with van der Waals surface area (Å²) in [5.41, 5.74) is 1.16. The Kier molecular flexibility index (Phi) is 6.20. The summed E-state index contributed by atoms with van der Waals surface area (Å²) in [6.07, 6.45) is 1.45. The van der Waals surface area contributed by atoms with Crippen molar-refractivity contribution in [1.82, 2.24) is 4.98 Å². The minimum Gasteiger partial charge on any atom is -0.326 e. The van der Waals surface area contributed by atoms with Crippen LogP contribution in [0.2, 0.25) is 10.0 Å². The highest BCUT2D eigenvalue weighted by molar-refractivity contribution is 9.10. The van der Waals surface area contributed by atoms with Crippen molar-refractivity contribution in [2.75, 3.05) is 18.9 Å². The predicted molar refractivity (Wildman–Crippen MR) is 92.5 cm³/mol. The molecule has 2 rings (SSSR count). The van der Waals surface area contributed by atoms with Crippen LogP contribution in [0.4, 0.5) is 5.82 Å². The number of carbonyl (C=O) groups is 1. The number of anilines is 1. The monoisotopic (exact) mass is 402 g/mol. The molecule has 1 atom stereocenters. The number of likely N-dealkylation sites (N-methyl/N-ethyl adjacent to an activating group) is 1. The largest absolute Gasteiger partial charge is 0.326 e. The van der Waals surface area contributed by atoms with Gasteiger partial charge >= 0.3 is 0 Å². The average molecular weight is 404 g/mol. The van der Waals surface area contributed by atoms with Crippen LogP contribution in [0, 0.1) is 0 Å². The number of carbonyl (C=O) groups excluding carboxylic acids is 1. The fourth-order valence-corrected chi connectivity index (χ4v) is 2.66. The first kappa shape index (κ1) is 17.2. The minimum absolute atomic E-state index is 0.147. The number of amides is 1. The average Bonchev–Trinajstić information content (AvgIpc) is 2.44. The SMILES string of the molecule is C[NH+](CC(=O)Nc1ncc(Cl)cc1Cl)Cc1ccc(Br)cc1. The molecule has 1 amide bonds. The molecule has 0 radical (unpaired) electrons. The van der Waals surface area contributed by atoms with Crippen LogP contribution in [-0.4, -0.2) is 24.5 Å². The van der Waals surface area contributed by atoms with Gasteiger partial charge in [-0.25, -0.2) is 4.98 Å². The van der Waals surface area contributed by atoms with Crippen LogP contribution in [0.5, 0.6) is 0 Å². The molecule has 4 nitrogen and oxygen atoms in total. The summed E-state index contributed by atoms with van der Waals surface area (Å²) in [4.78, 5) is 17.1. The fourth-order valence-electron chi connectivity index (χ4n) is 1.97. The van der Waals surface area contributed by atoms with Gasteiger partial charge in [0.05, 0.1) is 17.1 Å². The van der Waals surface area contributed by atoms with Crippen molar-refractivity contribution < 1.29 is 9.69 Å². The van der Waals surface area contributed by atoms with Crippen molar-refractivity contribution in [2.24, 2.45) is 0 Å². The highest BCUT2D eigenvalue weighted by atomic mass is 79.9. The molecule has 0 aliphatic rings. The number of pyridine rings is 1. The lowest BCUT2D eigenvalue weighted by Gasteiger charge is -2.14. The molecule has 1 heterocycles. The number of nitrogens with zero attached hydrogens (tertiary/aromatic N) is 1. The summed E-state index contributed by atoms with van der Waals surface area (Å²) >= 11 is 15.2. The molecule has 7 heteroatoms. The standard InChI is InChI=1S/C15H14BrCl2N3O/c1-21(8-10-2-4-11(16)5-3-10)9-14(22)20-15-13(18)6-12(17)7-19-15/h2-7H,8-9H2,1H3,(H,19,20,22)/p+1. The molecule has 0 spiro atoms. The van der Waals surface area contributed by atoms with Crippen LogP contribution >= 0.6 is 39.1 Å². The van der Waals surface area contributed by atoms with E-state index in [1.165, 1.54) is 6.20 Å². The second-order valence-corrected chi connectivity index (χ2v) is 6.73. The van der Waals surface area contributed by atoms with E-state index in [-0.39, 0.29) is 5.91 Å². The maximum Gasteiger partial charge on any atom is 0.280 e. The third-order valence-corrected chi connectivity index (χ3v) is 3.97. The van der Waals surface area contributed by atoms with Gasteiger partial charge < -0.3 is 10.2 Å². The van der Waals surface area contributed by atoms with Gasteiger partial charge in [-0.15, -0.1) is 0 Å². The van der Waals surface area contributed by atoms with E-state index in [9.17, 15) is 4.79 Å². The Morgan fingerprint density at radius 2 is 2.00 bits per heavy atom. The second kappa shape index (κ2) is 7.92. The Bertz CT molecular complexity index is 664. The van der Waals surface area contributed by atoms with Gasteiger partial charge in [-0.05, 0) is 18.2 Å². The lowest BCUT2D eigenvalue weighted by atomic mass is 10.2. The molecule has 0 aliphatic carbocycles. The first-order valence-electron chi connectivity index (χ1n) is 6.60. The molecule has 0 aliphatic heterocycles. The Labute approximate surface area is 147 Å². The number of benzene rings is 1. The quantitative estimate of drug-likeness (QED) is 0.806. The Balaban J connectivity index is 1.89. The number of nitrogens with one attached hydrogen (secondary N) is 2. The summed E-state index contributed by atoms with van der Waals surface area (Å²) in [6.45, 7) is 1.07. The Morgan fingerprint density at radius 1 is 1.32 bits per heavy atom. The topological polar surface area (TPSA) is 46.4 Å². The normalized spacial score (nSPS) is 12.0. The van der Waals surface area contributed by atoms with Crippen molar-refractivity contribution in [1.29, 1.82) is 0 Å². The van der Waals surface area contributed by atoms with Crippen LogP contribution < -0.4 is 10.2 Å². The summed E-state index contributed by atoms with van der Waals surface area (Å²) in [5.74, 6) is 0.179. The fraction of sp³-hybridized carbons (Fsp3) is 0.200. The van der Waals surface area contributed by atoms with Crippen LogP contribution in [0.3, 0.4) is 0 Å². The zero-order valence-electron chi connectivity index (χ0n) is 11.9. The van der Waals surface area contributed by atoms with E-state index in [1.807, 2.05) is 31.3 Å². The zero-order chi connectivity index (χ0) is 16.1. The molecule has 1 aromatic carbocycles. The number of rotatable bonds is 5. The number of aromatic nitrogens is 1. The molecule has 116 valence electrons. The van der Waals surface area contributed by atoms with Crippen LogP contribution in [0.1, 0.15) is 5.56 Å². The minimum atomic E-state index is -0.147. The van der Waals surface area contributed by atoms with E-state index in [0.29, 0.717) is 22.4 Å². The zero-order valence-corrected chi connectivity index (χ0v) is 15.0. The van der Waals surface area contributed by atoms with E-state index in [4.69, 9.17) is 23.2 Å². The van der Waals surface area contributed by atoms with Crippen molar-refractivity contribution in [2.45, 2.75) is 6.54 Å². The van der Waals surface area contributed by atoms with Gasteiger partial charge in [-0.3, -0.25) is 4.79 Å². The van der Waals surface area contributed by atoms with Crippen molar-refractivity contribution in [3.63, 3.8) is 0 Å². The molecule has 0 fully saturated rings. The second-order valence-electron chi connectivity index (χ2n) is 4.97. The van der Waals surface area contributed by atoms with Gasteiger partial charge in [0.25, 0.3) is 5.91 Å². The highest BCUT2D eigenvalue weighted by Crippen LogP contribution is 2.22. The van der Waals surface area contributed by atoms with E-state index < -0.39 is 0 Å². The molecule has 1 unspecified atom stereocenters. The van der Waals surface area contributed by atoms with Crippen LogP contribution in [-0.2, 0) is 11.3 Å². The first-order chi connectivity index (χ1) is 10.4. The van der Waals surface area contributed by atoms with Crippen LogP contribution in [0.25, 0.3) is 0 Å². The van der Waals surface area contributed by atoms with Gasteiger partial charge in [0.1, 0.15) is 6.54 Å². The van der Waals surface area contributed by atoms with E-state index in [0.717, 1.165) is 21.5 Å². The summed E-state index contributed by atoms with van der Waals surface area (Å²) < 4.78 is 1.04. The molecule has 0 saturated carbocycles. The Morgan fingerprint density at radius 3 is 2.64 bits per heavy atom. The first-order valence-corrected chi connectivity index (χ1v) is 8.15. The van der Waals surface area contributed by atoms with Crippen molar-refractivity contribution in [3.05, 3.63) is 56.6 Å². The maximum absolute atomic E-state index is 12.0. The molecule has 2 N–H and O–H groups in total. The molecule has 0 saturated heterocycles. The highest BCUT2D eigenvalue weighted by Gasteiger charge is 2.13. The van der Waals surface area contributed by atoms with Gasteiger partial charge in [0.2, 0.25) is 0 Å². The molecule has 1 aromatic heterocycles.